The van der Waals surface area contributed by atoms with E-state index in [2.05, 4.69) is 11.9 Å². The van der Waals surface area contributed by atoms with Crippen molar-refractivity contribution in [3.05, 3.63) is 85.5 Å². The fraction of sp³-hybridized carbons (Fsp3) is 0.160. The molecule has 1 atom stereocenters. The molecule has 0 aliphatic carbocycles. The number of nitrogens with zero attached hydrogens (tertiary/aromatic N) is 1. The van der Waals surface area contributed by atoms with Crippen LogP contribution < -0.4 is 23.8 Å². The maximum atomic E-state index is 13.5. The molecule has 8 nitrogen and oxygen atoms in total. The molecule has 1 unspecified atom stereocenters. The van der Waals surface area contributed by atoms with Crippen LogP contribution in [0, 0.1) is 0 Å². The molecule has 34 heavy (non-hydrogen) atoms. The minimum absolute atomic E-state index is 0.0827. The van der Waals surface area contributed by atoms with Crippen LogP contribution in [0.5, 0.6) is 17.2 Å². The van der Waals surface area contributed by atoms with Crippen molar-refractivity contribution in [2.45, 2.75) is 11.0 Å². The van der Waals surface area contributed by atoms with Gasteiger partial charge in [-0.1, -0.05) is 24.8 Å². The molecule has 0 fully saturated rings. The number of nitrogens with one attached hydrogen (secondary N) is 1. The molecule has 0 bridgehead atoms. The number of amides is 1. The van der Waals surface area contributed by atoms with Gasteiger partial charge in [-0.15, -0.1) is 0 Å². The zero-order chi connectivity index (χ0) is 24.1. The molecule has 0 radical (unpaired) electrons. The van der Waals surface area contributed by atoms with E-state index in [0.29, 0.717) is 35.2 Å². The van der Waals surface area contributed by atoms with Crippen LogP contribution in [0.4, 0.5) is 11.4 Å². The zero-order valence-corrected chi connectivity index (χ0v) is 19.3. The van der Waals surface area contributed by atoms with E-state index in [-0.39, 0.29) is 11.4 Å². The number of hydrogen-bond donors (Lipinski definition) is 1. The smallest absolute Gasteiger partial charge is 0.267 e. The van der Waals surface area contributed by atoms with Gasteiger partial charge >= 0.3 is 0 Å². The summed E-state index contributed by atoms with van der Waals surface area (Å²) in [6, 6.07) is 19.6. The van der Waals surface area contributed by atoms with Gasteiger partial charge in [-0.3, -0.25) is 9.10 Å². The van der Waals surface area contributed by atoms with Gasteiger partial charge in [-0.05, 0) is 60.7 Å². The first-order valence-corrected chi connectivity index (χ1v) is 11.9. The number of fused-ring (bicyclic) bond motifs is 1. The second-order valence-corrected chi connectivity index (χ2v) is 9.26. The predicted octanol–water partition coefficient (Wildman–Crippen LogP) is 3.86. The molecule has 1 N–H and O–H groups in total. The summed E-state index contributed by atoms with van der Waals surface area (Å²) in [5.74, 6) is 1.01. The average Bonchev–Trinajstić information content (AvgIpc) is 2.87. The Morgan fingerprint density at radius 3 is 2.44 bits per heavy atom. The number of para-hydroxylation sites is 2. The molecule has 0 spiro atoms. The second kappa shape index (κ2) is 9.88. The van der Waals surface area contributed by atoms with Crippen molar-refractivity contribution < 1.29 is 27.4 Å². The molecule has 9 heteroatoms. The Kier molecular flexibility index (Phi) is 6.74. The molecule has 0 saturated heterocycles. The van der Waals surface area contributed by atoms with E-state index in [9.17, 15) is 13.2 Å². The van der Waals surface area contributed by atoms with E-state index in [0.717, 1.165) is 0 Å². The molecule has 1 amide bonds. The lowest BCUT2D eigenvalue weighted by Gasteiger charge is -2.34. The Labute approximate surface area is 198 Å². The van der Waals surface area contributed by atoms with E-state index in [1.807, 2.05) is 0 Å². The maximum absolute atomic E-state index is 13.5. The van der Waals surface area contributed by atoms with Crippen molar-refractivity contribution in [2.75, 3.05) is 29.9 Å². The number of carbonyl (C=O) groups excluding carboxylic acids is 1. The minimum atomic E-state index is -3.96. The summed E-state index contributed by atoms with van der Waals surface area (Å²) >= 11 is 0. The van der Waals surface area contributed by atoms with Gasteiger partial charge in [0, 0.05) is 5.69 Å². The number of sulfonamides is 1. The Morgan fingerprint density at radius 1 is 1.09 bits per heavy atom. The Hall–Kier alpha value is -3.98. The molecule has 176 valence electrons. The van der Waals surface area contributed by atoms with Crippen LogP contribution in [-0.4, -0.2) is 40.7 Å². The summed E-state index contributed by atoms with van der Waals surface area (Å²) in [7, 11) is -2.45. The van der Waals surface area contributed by atoms with Crippen molar-refractivity contribution in [3.8, 4) is 17.2 Å². The van der Waals surface area contributed by atoms with Gasteiger partial charge < -0.3 is 19.5 Å². The monoisotopic (exact) mass is 480 g/mol. The van der Waals surface area contributed by atoms with E-state index in [1.54, 1.807) is 66.7 Å². The number of benzene rings is 3. The lowest BCUT2D eigenvalue weighted by atomic mass is 10.2. The third-order valence-corrected chi connectivity index (χ3v) is 6.96. The van der Waals surface area contributed by atoms with Crippen molar-refractivity contribution in [1.82, 2.24) is 0 Å². The van der Waals surface area contributed by atoms with Crippen molar-refractivity contribution >= 4 is 27.3 Å². The summed E-state index contributed by atoms with van der Waals surface area (Å²) in [6.07, 6.45) is 0.583. The van der Waals surface area contributed by atoms with Crippen LogP contribution in [0.2, 0.25) is 0 Å². The van der Waals surface area contributed by atoms with Gasteiger partial charge in [-0.2, -0.15) is 0 Å². The van der Waals surface area contributed by atoms with E-state index in [4.69, 9.17) is 14.2 Å². The van der Waals surface area contributed by atoms with Crippen molar-refractivity contribution in [3.63, 3.8) is 0 Å². The second-order valence-electron chi connectivity index (χ2n) is 7.40. The predicted molar refractivity (Wildman–Crippen MR) is 129 cm³/mol. The largest absolute Gasteiger partial charge is 0.497 e. The average molecular weight is 481 g/mol. The fourth-order valence-electron chi connectivity index (χ4n) is 3.45. The highest BCUT2D eigenvalue weighted by atomic mass is 32.2. The zero-order valence-electron chi connectivity index (χ0n) is 18.5. The lowest BCUT2D eigenvalue weighted by molar-refractivity contribution is -0.122. The Morgan fingerprint density at radius 2 is 1.76 bits per heavy atom. The van der Waals surface area contributed by atoms with Crippen LogP contribution in [0.1, 0.15) is 0 Å². The third kappa shape index (κ3) is 4.84. The normalized spacial score (nSPS) is 15.0. The topological polar surface area (TPSA) is 94.2 Å². The number of anilines is 2. The molecule has 1 aliphatic rings. The van der Waals surface area contributed by atoms with Crippen molar-refractivity contribution in [1.29, 1.82) is 0 Å². The third-order valence-electron chi connectivity index (χ3n) is 5.16. The number of rotatable bonds is 8. The van der Waals surface area contributed by atoms with E-state index < -0.39 is 22.0 Å². The van der Waals surface area contributed by atoms with E-state index >= 15 is 0 Å². The standard InChI is InChI=1S/C25H24N2O6S/c1-3-16-32-20-10-8-18(9-11-20)26-25(28)24-17-27(22-6-4-5-7-23(22)33-24)34(29,30)21-14-12-19(31-2)13-15-21/h3-15,24H,1,16-17H2,2H3,(H,26,28). The van der Waals surface area contributed by atoms with Gasteiger partial charge in [0.1, 0.15) is 23.9 Å². The van der Waals surface area contributed by atoms with Gasteiger partial charge in [-0.25, -0.2) is 8.42 Å². The summed E-state index contributed by atoms with van der Waals surface area (Å²) in [4.78, 5) is 13.1. The van der Waals surface area contributed by atoms with Crippen LogP contribution in [0.25, 0.3) is 0 Å². The van der Waals surface area contributed by atoms with Crippen LogP contribution in [0.15, 0.2) is 90.3 Å². The molecule has 1 aliphatic heterocycles. The number of ether oxygens (including phenoxy) is 3. The number of methoxy groups -OCH3 is 1. The Balaban J connectivity index is 1.57. The molecule has 0 saturated carbocycles. The van der Waals surface area contributed by atoms with Gasteiger partial charge in [0.15, 0.2) is 6.10 Å². The molecule has 1 heterocycles. The minimum Gasteiger partial charge on any atom is -0.497 e. The van der Waals surface area contributed by atoms with Crippen LogP contribution in [0.3, 0.4) is 0 Å². The quantitative estimate of drug-likeness (QED) is 0.492. The first-order chi connectivity index (χ1) is 16.4. The molecule has 0 aromatic heterocycles. The van der Waals surface area contributed by atoms with Gasteiger partial charge in [0.2, 0.25) is 0 Å². The first-order valence-electron chi connectivity index (χ1n) is 10.5. The molecular formula is C25H24N2O6S. The maximum Gasteiger partial charge on any atom is 0.267 e. The summed E-state index contributed by atoms with van der Waals surface area (Å²) in [6.45, 7) is 3.79. The first kappa shape index (κ1) is 23.2. The number of hydrogen-bond acceptors (Lipinski definition) is 6. The van der Waals surface area contributed by atoms with Crippen molar-refractivity contribution in [2.24, 2.45) is 0 Å². The van der Waals surface area contributed by atoms with Crippen LogP contribution in [-0.2, 0) is 14.8 Å². The van der Waals surface area contributed by atoms with Gasteiger partial charge in [0.05, 0.1) is 24.2 Å². The van der Waals surface area contributed by atoms with Gasteiger partial charge in [0.25, 0.3) is 15.9 Å². The SMILES string of the molecule is C=CCOc1ccc(NC(=O)C2CN(S(=O)(=O)c3ccc(OC)cc3)c3ccccc3O2)cc1. The Bertz CT molecular complexity index is 1270. The molecule has 3 aromatic rings. The summed E-state index contributed by atoms with van der Waals surface area (Å²) in [5, 5.41) is 2.77. The lowest BCUT2D eigenvalue weighted by Crippen LogP contribution is -2.48. The fourth-order valence-corrected chi connectivity index (χ4v) is 4.93. The molecular weight excluding hydrogens is 456 g/mol. The molecule has 4 rings (SSSR count). The summed E-state index contributed by atoms with van der Waals surface area (Å²) < 4.78 is 44.6. The highest BCUT2D eigenvalue weighted by Crippen LogP contribution is 2.37. The highest BCUT2D eigenvalue weighted by molar-refractivity contribution is 7.92. The molecule has 3 aromatic carbocycles. The van der Waals surface area contributed by atoms with Crippen LogP contribution >= 0.6 is 0 Å². The van der Waals surface area contributed by atoms with E-state index in [1.165, 1.54) is 23.5 Å². The number of carbonyl (C=O) groups is 1. The highest BCUT2D eigenvalue weighted by Gasteiger charge is 2.37. The summed E-state index contributed by atoms with van der Waals surface area (Å²) in [5.41, 5.74) is 0.897.